The molecule has 0 aromatic heterocycles. The van der Waals surface area contributed by atoms with Crippen LogP contribution < -0.4 is 15.4 Å². The van der Waals surface area contributed by atoms with E-state index in [-0.39, 0.29) is 23.3 Å². The van der Waals surface area contributed by atoms with Crippen LogP contribution in [0.15, 0.2) is 60.7 Å². The number of anilines is 1. The molecule has 8 nitrogen and oxygen atoms in total. The number of carboxylic acid groups (broad SMARTS) is 1. The Hall–Kier alpha value is -4.46. The molecule has 0 spiro atoms. The van der Waals surface area contributed by atoms with Crippen molar-refractivity contribution in [3.8, 4) is 5.75 Å². The van der Waals surface area contributed by atoms with E-state index in [2.05, 4.69) is 22.8 Å². The van der Waals surface area contributed by atoms with Crippen LogP contribution in [0.1, 0.15) is 47.8 Å². The second-order valence-electron chi connectivity index (χ2n) is 7.31. The SMILES string of the molecule is CNC(=O)c1cc(C(=O)Nc2ccc(Cc3ccc(C)cc3)cc2)c(C(=O)O)cc1OC=O. The van der Waals surface area contributed by atoms with Crippen molar-refractivity contribution in [3.63, 3.8) is 0 Å². The molecule has 3 aromatic carbocycles. The van der Waals surface area contributed by atoms with Crippen molar-refractivity contribution < 1.29 is 29.0 Å². The molecule has 168 valence electrons. The second-order valence-corrected chi connectivity index (χ2v) is 7.31. The third-order valence-corrected chi connectivity index (χ3v) is 4.98. The zero-order valence-corrected chi connectivity index (χ0v) is 18.0. The van der Waals surface area contributed by atoms with Crippen molar-refractivity contribution in [2.75, 3.05) is 12.4 Å². The highest BCUT2D eigenvalue weighted by atomic mass is 16.5. The van der Waals surface area contributed by atoms with E-state index in [1.165, 1.54) is 12.6 Å². The number of carboxylic acids is 1. The van der Waals surface area contributed by atoms with Gasteiger partial charge in [0, 0.05) is 12.7 Å². The molecular formula is C25H22N2O6. The zero-order chi connectivity index (χ0) is 24.0. The number of benzene rings is 3. The van der Waals surface area contributed by atoms with Crippen molar-refractivity contribution in [2.24, 2.45) is 0 Å². The number of aryl methyl sites for hydroxylation is 1. The summed E-state index contributed by atoms with van der Waals surface area (Å²) < 4.78 is 4.74. The predicted molar refractivity (Wildman–Crippen MR) is 122 cm³/mol. The molecular weight excluding hydrogens is 424 g/mol. The van der Waals surface area contributed by atoms with E-state index in [1.807, 2.05) is 31.2 Å². The summed E-state index contributed by atoms with van der Waals surface area (Å²) in [6, 6.07) is 17.4. The lowest BCUT2D eigenvalue weighted by Gasteiger charge is -2.13. The second kappa shape index (κ2) is 10.2. The Labute approximate surface area is 190 Å². The number of carbonyl (C=O) groups is 4. The van der Waals surface area contributed by atoms with E-state index in [0.29, 0.717) is 5.69 Å². The van der Waals surface area contributed by atoms with Crippen molar-refractivity contribution >= 4 is 29.9 Å². The van der Waals surface area contributed by atoms with Gasteiger partial charge >= 0.3 is 5.97 Å². The van der Waals surface area contributed by atoms with Crippen LogP contribution in [0.4, 0.5) is 5.69 Å². The number of rotatable bonds is 8. The third kappa shape index (κ3) is 5.62. The molecule has 33 heavy (non-hydrogen) atoms. The van der Waals surface area contributed by atoms with E-state index in [1.54, 1.807) is 12.1 Å². The van der Waals surface area contributed by atoms with Gasteiger partial charge in [0.1, 0.15) is 5.75 Å². The average molecular weight is 446 g/mol. The van der Waals surface area contributed by atoms with Crippen LogP contribution in [-0.4, -0.2) is 36.4 Å². The molecule has 0 heterocycles. The molecule has 0 saturated carbocycles. The summed E-state index contributed by atoms with van der Waals surface area (Å²) in [6.07, 6.45) is 0.728. The lowest BCUT2D eigenvalue weighted by atomic mass is 10.0. The fourth-order valence-corrected chi connectivity index (χ4v) is 3.25. The number of aromatic carboxylic acids is 1. The molecule has 0 unspecified atom stereocenters. The molecule has 0 saturated heterocycles. The normalized spacial score (nSPS) is 10.2. The fraction of sp³-hybridized carbons (Fsp3) is 0.120. The van der Waals surface area contributed by atoms with E-state index >= 15 is 0 Å². The molecule has 0 aliphatic rings. The summed E-state index contributed by atoms with van der Waals surface area (Å²) in [5.41, 5.74) is 3.04. The minimum absolute atomic E-state index is 0.0747. The number of ether oxygens (including phenoxy) is 1. The Morgan fingerprint density at radius 3 is 2.03 bits per heavy atom. The Balaban J connectivity index is 1.85. The van der Waals surface area contributed by atoms with E-state index in [9.17, 15) is 24.3 Å². The van der Waals surface area contributed by atoms with Gasteiger partial charge in [-0.2, -0.15) is 0 Å². The molecule has 0 aliphatic carbocycles. The van der Waals surface area contributed by atoms with Crippen LogP contribution in [0.5, 0.6) is 5.75 Å². The fourth-order valence-electron chi connectivity index (χ4n) is 3.25. The number of hydrogen-bond donors (Lipinski definition) is 3. The van der Waals surface area contributed by atoms with E-state index < -0.39 is 23.3 Å². The van der Waals surface area contributed by atoms with Crippen LogP contribution in [0.25, 0.3) is 0 Å². The third-order valence-electron chi connectivity index (χ3n) is 4.98. The van der Waals surface area contributed by atoms with Crippen LogP contribution >= 0.6 is 0 Å². The Morgan fingerprint density at radius 2 is 1.48 bits per heavy atom. The molecule has 0 fully saturated rings. The summed E-state index contributed by atoms with van der Waals surface area (Å²) >= 11 is 0. The van der Waals surface area contributed by atoms with Crippen LogP contribution in [0, 0.1) is 6.92 Å². The highest BCUT2D eigenvalue weighted by Crippen LogP contribution is 2.25. The predicted octanol–water partition coefficient (Wildman–Crippen LogP) is 3.43. The van der Waals surface area contributed by atoms with Crippen LogP contribution in [0.3, 0.4) is 0 Å². The van der Waals surface area contributed by atoms with Crippen molar-refractivity contribution in [1.29, 1.82) is 0 Å². The summed E-state index contributed by atoms with van der Waals surface area (Å²) in [7, 11) is 1.36. The van der Waals surface area contributed by atoms with Gasteiger partial charge in [-0.15, -0.1) is 0 Å². The smallest absolute Gasteiger partial charge is 0.336 e. The van der Waals surface area contributed by atoms with E-state index in [0.717, 1.165) is 29.7 Å². The molecule has 3 aromatic rings. The quantitative estimate of drug-likeness (QED) is 0.456. The zero-order valence-electron chi connectivity index (χ0n) is 18.0. The molecule has 8 heteroatoms. The summed E-state index contributed by atoms with van der Waals surface area (Å²) in [4.78, 5) is 47.5. The standard InChI is InChI=1S/C25H22N2O6/c1-15-3-5-16(6-4-15)11-17-7-9-18(10-8-17)27-24(30)19-12-21(23(29)26-2)22(33-14-28)13-20(19)25(31)32/h3-10,12-14H,11H2,1-2H3,(H,26,29)(H,27,30)(H,31,32). The maximum atomic E-state index is 12.9. The van der Waals surface area contributed by atoms with Crippen LogP contribution in [0.2, 0.25) is 0 Å². The van der Waals surface area contributed by atoms with Gasteiger partial charge < -0.3 is 20.5 Å². The Morgan fingerprint density at radius 1 is 0.879 bits per heavy atom. The topological polar surface area (TPSA) is 122 Å². The molecule has 0 aliphatic heterocycles. The highest BCUT2D eigenvalue weighted by Gasteiger charge is 2.23. The molecule has 0 bridgehead atoms. The van der Waals surface area contributed by atoms with Gasteiger partial charge in [0.15, 0.2) is 0 Å². The minimum atomic E-state index is -1.41. The molecule has 0 radical (unpaired) electrons. The first-order chi connectivity index (χ1) is 15.8. The first-order valence-corrected chi connectivity index (χ1v) is 10.0. The Bertz CT molecular complexity index is 1200. The average Bonchev–Trinajstić information content (AvgIpc) is 2.81. The monoisotopic (exact) mass is 446 g/mol. The first-order valence-electron chi connectivity index (χ1n) is 10.0. The lowest BCUT2D eigenvalue weighted by molar-refractivity contribution is -0.120. The van der Waals surface area contributed by atoms with Gasteiger partial charge in [0.25, 0.3) is 18.3 Å². The van der Waals surface area contributed by atoms with E-state index in [4.69, 9.17) is 4.74 Å². The molecule has 0 atom stereocenters. The summed E-state index contributed by atoms with van der Waals surface area (Å²) in [5.74, 6) is -3.04. The maximum Gasteiger partial charge on any atom is 0.336 e. The summed E-state index contributed by atoms with van der Waals surface area (Å²) in [5, 5.41) is 14.5. The molecule has 2 amide bonds. The summed E-state index contributed by atoms with van der Waals surface area (Å²) in [6.45, 7) is 2.10. The van der Waals surface area contributed by atoms with Gasteiger partial charge in [-0.3, -0.25) is 14.4 Å². The van der Waals surface area contributed by atoms with Gasteiger partial charge in [-0.25, -0.2) is 4.79 Å². The number of carbonyl (C=O) groups excluding carboxylic acids is 3. The Kier molecular flexibility index (Phi) is 7.20. The maximum absolute atomic E-state index is 12.9. The number of amides is 2. The van der Waals surface area contributed by atoms with Gasteiger partial charge in [-0.05, 0) is 48.7 Å². The van der Waals surface area contributed by atoms with Crippen molar-refractivity contribution in [2.45, 2.75) is 13.3 Å². The largest absolute Gasteiger partial charge is 0.478 e. The lowest BCUT2D eigenvalue weighted by Crippen LogP contribution is -2.22. The molecule has 3 N–H and O–H groups in total. The van der Waals surface area contributed by atoms with Crippen molar-refractivity contribution in [1.82, 2.24) is 5.32 Å². The first kappa shape index (κ1) is 23.2. The van der Waals surface area contributed by atoms with Crippen molar-refractivity contribution in [3.05, 3.63) is 94.0 Å². The van der Waals surface area contributed by atoms with Gasteiger partial charge in [0.05, 0.1) is 16.7 Å². The van der Waals surface area contributed by atoms with Gasteiger partial charge in [0.2, 0.25) is 0 Å². The number of hydrogen-bond acceptors (Lipinski definition) is 5. The van der Waals surface area contributed by atoms with Gasteiger partial charge in [-0.1, -0.05) is 42.0 Å². The highest BCUT2D eigenvalue weighted by molar-refractivity contribution is 6.13. The molecule has 3 rings (SSSR count). The number of nitrogens with one attached hydrogen (secondary N) is 2. The van der Waals surface area contributed by atoms with Crippen LogP contribution in [-0.2, 0) is 11.2 Å². The minimum Gasteiger partial charge on any atom is -0.478 e.